The molecule has 0 atom stereocenters. The molecule has 0 aliphatic heterocycles. The van der Waals surface area contributed by atoms with Crippen LogP contribution in [0.1, 0.15) is 11.1 Å². The molecule has 0 saturated heterocycles. The van der Waals surface area contributed by atoms with Crippen molar-refractivity contribution in [3.8, 4) is 22.3 Å². The maximum atomic E-state index is 13.3. The van der Waals surface area contributed by atoms with E-state index >= 15 is 0 Å². The normalized spacial score (nSPS) is 10.0. The fourth-order valence-corrected chi connectivity index (χ4v) is 4.58. The van der Waals surface area contributed by atoms with Gasteiger partial charge in [0.05, 0.1) is 0 Å². The summed E-state index contributed by atoms with van der Waals surface area (Å²) >= 11 is -0.826. The Kier molecular flexibility index (Phi) is 13.0. The fraction of sp³-hybridized carbons (Fsp3) is 0.118. The molecule has 0 aliphatic rings. The molecule has 6 aromatic carbocycles. The Labute approximate surface area is 257 Å². The zero-order valence-electron chi connectivity index (χ0n) is 22.9. The van der Waals surface area contributed by atoms with Crippen molar-refractivity contribution < 1.29 is 29.6 Å². The molecule has 0 nitrogen and oxygen atoms in total. The Morgan fingerprint density at radius 2 is 0.950 bits per heavy atom. The van der Waals surface area contributed by atoms with E-state index in [4.69, 9.17) is 17.0 Å². The van der Waals surface area contributed by atoms with Crippen LogP contribution in [0.4, 0.5) is 8.78 Å². The van der Waals surface area contributed by atoms with Gasteiger partial charge in [-0.3, -0.25) is 0 Å². The molecule has 0 aliphatic carbocycles. The third-order valence-electron chi connectivity index (χ3n) is 6.06. The first kappa shape index (κ1) is 32.2. The van der Waals surface area contributed by atoms with Gasteiger partial charge in [0.1, 0.15) is 11.6 Å². The van der Waals surface area contributed by atoms with Gasteiger partial charge in [-0.05, 0) is 35.4 Å². The Balaban J connectivity index is 0.000000185. The van der Waals surface area contributed by atoms with Gasteiger partial charge in [0.25, 0.3) is 0 Å². The molecule has 202 valence electrons. The topological polar surface area (TPSA) is 0 Å². The van der Waals surface area contributed by atoms with E-state index < -0.39 is 20.8 Å². The van der Waals surface area contributed by atoms with E-state index in [0.717, 1.165) is 31.8 Å². The summed E-state index contributed by atoms with van der Waals surface area (Å²) in [6.45, 7) is 8.46. The molecule has 0 spiro atoms. The van der Waals surface area contributed by atoms with E-state index in [-0.39, 0.29) is 11.6 Å². The van der Waals surface area contributed by atoms with Gasteiger partial charge in [-0.25, -0.2) is 8.78 Å². The molecular weight excluding hydrogens is 637 g/mol. The molecule has 0 bridgehead atoms. The number of aryl methyl sites for hydroxylation is 2. The molecule has 40 heavy (non-hydrogen) atoms. The van der Waals surface area contributed by atoms with Crippen LogP contribution in [-0.2, 0) is 20.8 Å². The van der Waals surface area contributed by atoms with Crippen LogP contribution < -0.4 is 0 Å². The Bertz CT molecular complexity index is 1530. The van der Waals surface area contributed by atoms with Crippen molar-refractivity contribution in [3.05, 3.63) is 132 Å². The van der Waals surface area contributed by atoms with E-state index in [1.54, 1.807) is 24.3 Å². The SMILES string of the molecule is C[Si]C.Cc1cc2c(-c3cccc(F)c3)cccc2[cH-]1.Cc1cc2c(-c3cccc(F)c3)cccc2[cH-]1.[Cl][Zr+2][Cl]. The molecule has 6 heteroatoms. The van der Waals surface area contributed by atoms with Crippen molar-refractivity contribution in [3.63, 3.8) is 0 Å². The number of rotatable bonds is 2. The predicted molar refractivity (Wildman–Crippen MR) is 169 cm³/mol. The van der Waals surface area contributed by atoms with Crippen molar-refractivity contribution in [1.29, 1.82) is 0 Å². The number of benzene rings is 4. The quantitative estimate of drug-likeness (QED) is 0.127. The Morgan fingerprint density at radius 3 is 1.30 bits per heavy atom. The molecule has 2 radical (unpaired) electrons. The summed E-state index contributed by atoms with van der Waals surface area (Å²) in [5.74, 6) is -0.384. The number of fused-ring (bicyclic) bond motifs is 2. The minimum atomic E-state index is -0.826. The summed E-state index contributed by atoms with van der Waals surface area (Å²) in [6, 6.07) is 34.4. The van der Waals surface area contributed by atoms with Crippen LogP contribution in [0.3, 0.4) is 0 Å². The summed E-state index contributed by atoms with van der Waals surface area (Å²) in [5, 5.41) is 4.81. The average Bonchev–Trinajstić information content (AvgIpc) is 3.50. The third kappa shape index (κ3) is 8.82. The summed E-state index contributed by atoms with van der Waals surface area (Å²) in [5.41, 5.74) is 6.53. The maximum absolute atomic E-state index is 13.3. The van der Waals surface area contributed by atoms with Gasteiger partial charge in [-0.15, -0.1) is 69.1 Å². The molecule has 0 fully saturated rings. The van der Waals surface area contributed by atoms with Gasteiger partial charge in [-0.2, -0.15) is 12.1 Å². The Morgan fingerprint density at radius 1 is 0.600 bits per heavy atom. The van der Waals surface area contributed by atoms with Crippen LogP contribution in [0.15, 0.2) is 109 Å². The molecule has 0 N–H and O–H groups in total. The van der Waals surface area contributed by atoms with Gasteiger partial charge in [0, 0.05) is 9.52 Å². The van der Waals surface area contributed by atoms with Gasteiger partial charge in [0.2, 0.25) is 0 Å². The molecule has 0 saturated carbocycles. The van der Waals surface area contributed by atoms with E-state index in [1.807, 2.05) is 36.4 Å². The second-order valence-corrected chi connectivity index (χ2v) is 14.0. The first-order chi connectivity index (χ1) is 19.3. The number of hydrogen-bond acceptors (Lipinski definition) is 0. The van der Waals surface area contributed by atoms with Crippen molar-refractivity contribution in [1.82, 2.24) is 0 Å². The van der Waals surface area contributed by atoms with Crippen molar-refractivity contribution in [2.24, 2.45) is 0 Å². The first-order valence-corrected chi connectivity index (χ1v) is 21.0. The zero-order chi connectivity index (χ0) is 29.1. The van der Waals surface area contributed by atoms with E-state index in [1.165, 1.54) is 44.8 Å². The number of halogens is 4. The molecule has 0 aromatic heterocycles. The fourth-order valence-electron chi connectivity index (χ4n) is 4.58. The van der Waals surface area contributed by atoms with E-state index in [9.17, 15) is 8.78 Å². The van der Waals surface area contributed by atoms with Gasteiger partial charge in [0.15, 0.2) is 0 Å². The summed E-state index contributed by atoms with van der Waals surface area (Å²) < 4.78 is 26.5. The number of hydrogen-bond donors (Lipinski definition) is 0. The van der Waals surface area contributed by atoms with Crippen LogP contribution >= 0.6 is 17.0 Å². The summed E-state index contributed by atoms with van der Waals surface area (Å²) in [7, 11) is 11.0. The van der Waals surface area contributed by atoms with Gasteiger partial charge < -0.3 is 0 Å². The van der Waals surface area contributed by atoms with Crippen LogP contribution in [0.5, 0.6) is 0 Å². The molecule has 0 amide bonds. The molecule has 6 aromatic rings. The standard InChI is InChI=1S/2C16H12F.C2H6Si.2ClH.Zr/c2*1-11-8-12-5-3-7-15(16(12)9-11)13-4-2-6-14(17)10-13;1-3-2;;;/h2*2-10H,1H3;1-2H3;2*1H;/q2*-1;;;;+4/p-2. The second kappa shape index (κ2) is 16.2. The van der Waals surface area contributed by atoms with Crippen LogP contribution in [-0.4, -0.2) is 9.52 Å². The molecule has 6 rings (SSSR count). The molecule has 0 heterocycles. The van der Waals surface area contributed by atoms with Crippen molar-refractivity contribution in [2.75, 3.05) is 0 Å². The van der Waals surface area contributed by atoms with Crippen molar-refractivity contribution >= 4 is 48.1 Å². The van der Waals surface area contributed by atoms with E-state index in [0.29, 0.717) is 0 Å². The predicted octanol–water partition coefficient (Wildman–Crippen LogP) is 11.5. The van der Waals surface area contributed by atoms with E-state index in [2.05, 4.69) is 63.3 Å². The van der Waals surface area contributed by atoms with Gasteiger partial charge >= 0.3 is 37.9 Å². The van der Waals surface area contributed by atoms with Gasteiger partial charge in [-0.1, -0.05) is 74.5 Å². The minimum absolute atomic E-state index is 0.192. The summed E-state index contributed by atoms with van der Waals surface area (Å²) in [6.07, 6.45) is 0. The third-order valence-corrected chi connectivity index (χ3v) is 6.06. The zero-order valence-corrected chi connectivity index (χ0v) is 27.9. The monoisotopic (exact) mass is 664 g/mol. The van der Waals surface area contributed by atoms with Crippen molar-refractivity contribution in [2.45, 2.75) is 26.9 Å². The molecule has 0 unspecified atom stereocenters. The average molecular weight is 667 g/mol. The van der Waals surface area contributed by atoms with Crippen LogP contribution in [0.2, 0.25) is 13.1 Å². The first-order valence-electron chi connectivity index (χ1n) is 12.7. The molecular formula is C34H30Cl2F2SiZr. The van der Waals surface area contributed by atoms with Crippen LogP contribution in [0, 0.1) is 25.5 Å². The summed E-state index contributed by atoms with van der Waals surface area (Å²) in [4.78, 5) is 0. The van der Waals surface area contributed by atoms with Crippen LogP contribution in [0.25, 0.3) is 43.8 Å². The second-order valence-electron chi connectivity index (χ2n) is 9.27. The Hall–Kier alpha value is -2.36.